The Kier molecular flexibility index (Phi) is 1.38. The second-order valence-electron chi connectivity index (χ2n) is 1.83. The summed E-state index contributed by atoms with van der Waals surface area (Å²) in [6.07, 6.45) is 6.96. The van der Waals surface area contributed by atoms with E-state index in [1.807, 2.05) is 6.92 Å². The molecule has 1 heterocycles. The van der Waals surface area contributed by atoms with E-state index in [0.29, 0.717) is 0 Å². The Morgan fingerprint density at radius 3 is 2.50 bits per heavy atom. The smallest absolute Gasteiger partial charge is 0.0663 e. The summed E-state index contributed by atoms with van der Waals surface area (Å²) in [5.74, 6) is 0. The minimum atomic E-state index is 1.05. The summed E-state index contributed by atoms with van der Waals surface area (Å²) in [6.45, 7) is 4.15. The van der Waals surface area contributed by atoms with Gasteiger partial charge in [0, 0.05) is 0 Å². The second kappa shape index (κ2) is 2.03. The van der Waals surface area contributed by atoms with Gasteiger partial charge in [-0.1, -0.05) is 6.92 Å². The molecule has 1 heteroatoms. The van der Waals surface area contributed by atoms with Gasteiger partial charge < -0.3 is 4.98 Å². The highest BCUT2D eigenvalue weighted by atomic mass is 14.6. The van der Waals surface area contributed by atoms with E-state index in [2.05, 4.69) is 24.3 Å². The summed E-state index contributed by atoms with van der Waals surface area (Å²) < 4.78 is 0. The number of nitrogens with one attached hydrogen (secondary N) is 1. The summed E-state index contributed by atoms with van der Waals surface area (Å²) in [6, 6.07) is 0. The molecule has 42 valence electrons. The zero-order chi connectivity index (χ0) is 5.98. The molecule has 0 unspecified atom stereocenters. The highest BCUT2D eigenvalue weighted by Crippen LogP contribution is 2.03. The maximum absolute atomic E-state index is 2.97. The van der Waals surface area contributed by atoms with Gasteiger partial charge in [-0.25, -0.2) is 0 Å². The van der Waals surface area contributed by atoms with Crippen LogP contribution >= 0.6 is 0 Å². The molecule has 0 atom stereocenters. The first kappa shape index (κ1) is 5.42. The minimum Gasteiger partial charge on any atom is -0.352 e. The average Bonchev–Trinajstić information content (AvgIpc) is 2.14. The summed E-state index contributed by atoms with van der Waals surface area (Å²) in [5.41, 5.74) is 2.43. The Morgan fingerprint density at radius 2 is 2.25 bits per heavy atom. The molecule has 0 aromatic carbocycles. The van der Waals surface area contributed by atoms with Crippen LogP contribution in [0.1, 0.15) is 18.1 Å². The van der Waals surface area contributed by atoms with Crippen molar-refractivity contribution in [3.8, 4) is 0 Å². The van der Waals surface area contributed by atoms with Gasteiger partial charge in [-0.05, 0) is 24.5 Å². The third-order valence-electron chi connectivity index (χ3n) is 1.27. The van der Waals surface area contributed by atoms with Crippen molar-refractivity contribution < 1.29 is 0 Å². The first-order valence-electron chi connectivity index (χ1n) is 2.81. The Morgan fingerprint density at radius 1 is 1.50 bits per heavy atom. The van der Waals surface area contributed by atoms with Crippen LogP contribution in [0, 0.1) is 19.3 Å². The standard InChI is InChI=1S/C7H9N/c1-3-7-5-8-4-6(7)2/h8H,3H2,1-2H3. The molecule has 0 saturated carbocycles. The Bertz CT molecular complexity index is 165. The molecule has 1 aromatic rings. The lowest BCUT2D eigenvalue weighted by atomic mass is 10.2. The summed E-state index contributed by atoms with van der Waals surface area (Å²) in [4.78, 5) is 2.80. The van der Waals surface area contributed by atoms with Crippen molar-refractivity contribution in [2.45, 2.75) is 20.3 Å². The van der Waals surface area contributed by atoms with Gasteiger partial charge in [0.25, 0.3) is 0 Å². The van der Waals surface area contributed by atoms with Gasteiger partial charge in [-0.3, -0.25) is 0 Å². The molecule has 0 bridgehead atoms. The van der Waals surface area contributed by atoms with Crippen molar-refractivity contribution in [3.05, 3.63) is 23.5 Å². The van der Waals surface area contributed by atoms with E-state index in [-0.39, 0.29) is 0 Å². The molecule has 0 amide bonds. The van der Waals surface area contributed by atoms with Crippen LogP contribution in [-0.2, 0) is 6.42 Å². The van der Waals surface area contributed by atoms with E-state index in [1.165, 1.54) is 11.1 Å². The van der Waals surface area contributed by atoms with Crippen LogP contribution in [0.25, 0.3) is 0 Å². The fourth-order valence-corrected chi connectivity index (χ4v) is 0.723. The highest BCUT2D eigenvalue weighted by Gasteiger charge is 1.93. The van der Waals surface area contributed by atoms with E-state index in [1.54, 1.807) is 0 Å². The van der Waals surface area contributed by atoms with Gasteiger partial charge >= 0.3 is 0 Å². The first-order valence-corrected chi connectivity index (χ1v) is 2.81. The quantitative estimate of drug-likeness (QED) is 0.559. The van der Waals surface area contributed by atoms with Crippen molar-refractivity contribution in [3.63, 3.8) is 0 Å². The molecule has 1 N–H and O–H groups in total. The molecular weight excluding hydrogens is 98.1 g/mol. The van der Waals surface area contributed by atoms with Gasteiger partial charge in [-0.2, -0.15) is 0 Å². The Labute approximate surface area is 49.7 Å². The number of aryl methyl sites for hydroxylation is 2. The fraction of sp³-hybridized carbons (Fsp3) is 0.429. The molecular formula is C7H9N. The van der Waals surface area contributed by atoms with E-state index >= 15 is 0 Å². The number of hydrogen-bond donors (Lipinski definition) is 1. The third-order valence-corrected chi connectivity index (χ3v) is 1.27. The summed E-state index contributed by atoms with van der Waals surface area (Å²) in [7, 11) is 0. The van der Waals surface area contributed by atoms with Crippen LogP contribution in [0.5, 0.6) is 0 Å². The van der Waals surface area contributed by atoms with Crippen LogP contribution in [0.3, 0.4) is 0 Å². The van der Waals surface area contributed by atoms with E-state index in [9.17, 15) is 0 Å². The third kappa shape index (κ3) is 0.760. The molecule has 8 heavy (non-hydrogen) atoms. The van der Waals surface area contributed by atoms with E-state index in [4.69, 9.17) is 0 Å². The van der Waals surface area contributed by atoms with Crippen molar-refractivity contribution in [1.29, 1.82) is 0 Å². The molecule has 2 radical (unpaired) electrons. The van der Waals surface area contributed by atoms with Crippen LogP contribution < -0.4 is 0 Å². The zero-order valence-electron chi connectivity index (χ0n) is 5.21. The average molecular weight is 107 g/mol. The topological polar surface area (TPSA) is 15.8 Å². The Hall–Kier alpha value is -0.720. The molecule has 0 aliphatic carbocycles. The van der Waals surface area contributed by atoms with Gasteiger partial charge in [0.15, 0.2) is 0 Å². The van der Waals surface area contributed by atoms with E-state index in [0.717, 1.165) is 6.42 Å². The predicted molar refractivity (Wildman–Crippen MR) is 32.6 cm³/mol. The van der Waals surface area contributed by atoms with Crippen molar-refractivity contribution in [2.24, 2.45) is 0 Å². The number of rotatable bonds is 1. The molecule has 0 fully saturated rings. The van der Waals surface area contributed by atoms with Crippen LogP contribution in [0.15, 0.2) is 0 Å². The second-order valence-corrected chi connectivity index (χ2v) is 1.83. The molecule has 0 aliphatic rings. The lowest BCUT2D eigenvalue weighted by Crippen LogP contribution is -1.76. The van der Waals surface area contributed by atoms with Crippen molar-refractivity contribution >= 4 is 0 Å². The highest BCUT2D eigenvalue weighted by molar-refractivity contribution is 5.18. The van der Waals surface area contributed by atoms with Gasteiger partial charge in [-0.15, -0.1) is 0 Å². The molecule has 1 aromatic heterocycles. The van der Waals surface area contributed by atoms with E-state index < -0.39 is 0 Å². The number of H-pyrrole nitrogens is 1. The number of aromatic amines is 1. The number of aromatic nitrogens is 1. The molecule has 1 rings (SSSR count). The number of hydrogen-bond acceptors (Lipinski definition) is 0. The van der Waals surface area contributed by atoms with Gasteiger partial charge in [0.05, 0.1) is 12.4 Å². The predicted octanol–water partition coefficient (Wildman–Crippen LogP) is 1.49. The normalized spacial score (nSPS) is 9.75. The van der Waals surface area contributed by atoms with Gasteiger partial charge in [0.1, 0.15) is 0 Å². The monoisotopic (exact) mass is 107 g/mol. The lowest BCUT2D eigenvalue weighted by Gasteiger charge is -1.86. The molecule has 0 saturated heterocycles. The minimum absolute atomic E-state index is 1.05. The van der Waals surface area contributed by atoms with Crippen molar-refractivity contribution in [1.82, 2.24) is 4.98 Å². The van der Waals surface area contributed by atoms with Gasteiger partial charge in [0.2, 0.25) is 0 Å². The Balaban J connectivity index is 2.92. The summed E-state index contributed by atoms with van der Waals surface area (Å²) in [5, 5.41) is 0. The van der Waals surface area contributed by atoms with Crippen LogP contribution in [0.2, 0.25) is 0 Å². The fourth-order valence-electron chi connectivity index (χ4n) is 0.723. The summed E-state index contributed by atoms with van der Waals surface area (Å²) >= 11 is 0. The largest absolute Gasteiger partial charge is 0.352 e. The molecule has 0 spiro atoms. The molecule has 0 aliphatic heterocycles. The first-order chi connectivity index (χ1) is 3.84. The van der Waals surface area contributed by atoms with Crippen LogP contribution in [-0.4, -0.2) is 4.98 Å². The molecule has 1 nitrogen and oxygen atoms in total. The van der Waals surface area contributed by atoms with Crippen LogP contribution in [0.4, 0.5) is 0 Å². The lowest BCUT2D eigenvalue weighted by molar-refractivity contribution is 1.12. The van der Waals surface area contributed by atoms with Crippen molar-refractivity contribution in [2.75, 3.05) is 0 Å². The maximum atomic E-state index is 2.97. The maximum Gasteiger partial charge on any atom is 0.0663 e. The zero-order valence-corrected chi connectivity index (χ0v) is 5.21. The SMILES string of the molecule is CCc1[c][nH][c]c1C.